The van der Waals surface area contributed by atoms with E-state index in [1.165, 1.54) is 6.33 Å². The molecule has 0 spiro atoms. The number of halogens is 1. The Kier molecular flexibility index (Phi) is 8.66. The molecule has 10 rings (SSSR count). The number of fused-ring (bicyclic) bond motifs is 2. The lowest BCUT2D eigenvalue weighted by molar-refractivity contribution is -0.136. The molecule has 5 aliphatic heterocycles. The summed E-state index contributed by atoms with van der Waals surface area (Å²) in [5, 5.41) is 8.18. The first-order chi connectivity index (χ1) is 27.7. The normalized spacial score (nSPS) is 21.7. The van der Waals surface area contributed by atoms with Crippen molar-refractivity contribution >= 4 is 40.3 Å². The molecule has 1 unspecified atom stereocenters. The van der Waals surface area contributed by atoms with Crippen molar-refractivity contribution in [3.63, 3.8) is 0 Å². The predicted molar refractivity (Wildman–Crippen MR) is 210 cm³/mol. The minimum absolute atomic E-state index is 0.161. The number of para-hydroxylation sites is 1. The van der Waals surface area contributed by atoms with Crippen LogP contribution < -0.4 is 20.7 Å². The highest BCUT2D eigenvalue weighted by Crippen LogP contribution is 2.38. The number of imide groups is 1. The lowest BCUT2D eigenvalue weighted by Crippen LogP contribution is -2.69. The fourth-order valence-electron chi connectivity index (χ4n) is 9.22. The molecular formula is C42H43FN10O4. The number of nitrogen functional groups attached to an aromatic ring is 1. The Hall–Kier alpha value is -5.93. The van der Waals surface area contributed by atoms with Gasteiger partial charge >= 0.3 is 0 Å². The lowest BCUT2D eigenvalue weighted by Gasteiger charge is -2.53. The number of amides is 3. The van der Waals surface area contributed by atoms with E-state index in [2.05, 4.69) is 25.1 Å². The predicted octanol–water partition coefficient (Wildman–Crippen LogP) is 4.18. The number of ether oxygens (including phenoxy) is 1. The quantitative estimate of drug-likeness (QED) is 0.208. The number of aromatic nitrogens is 4. The smallest absolute Gasteiger partial charge is 0.255 e. The first kappa shape index (κ1) is 35.5. The van der Waals surface area contributed by atoms with Crippen LogP contribution in [0.4, 0.5) is 15.9 Å². The number of hydrogen-bond acceptors (Lipinski definition) is 11. The second-order valence-electron chi connectivity index (χ2n) is 16.1. The summed E-state index contributed by atoms with van der Waals surface area (Å²) >= 11 is 0. The maximum absolute atomic E-state index is 16.0. The van der Waals surface area contributed by atoms with Crippen molar-refractivity contribution in [2.75, 3.05) is 56.4 Å². The van der Waals surface area contributed by atoms with Crippen LogP contribution in [0.25, 0.3) is 22.3 Å². The number of nitrogens with one attached hydrogen (secondary N) is 1. The van der Waals surface area contributed by atoms with E-state index in [0.717, 1.165) is 84.1 Å². The Bertz CT molecular complexity index is 2370. The summed E-state index contributed by atoms with van der Waals surface area (Å²) in [6, 6.07) is 23.0. The van der Waals surface area contributed by atoms with Gasteiger partial charge in [0, 0.05) is 68.5 Å². The molecule has 3 amide bonds. The summed E-state index contributed by atoms with van der Waals surface area (Å²) in [4.78, 5) is 54.5. The number of carbonyl (C=O) groups excluding carboxylic acids is 3. The zero-order valence-electron chi connectivity index (χ0n) is 31.4. The zero-order valence-corrected chi connectivity index (χ0v) is 31.4. The average molecular weight is 771 g/mol. The van der Waals surface area contributed by atoms with Crippen LogP contribution in [0.1, 0.15) is 47.6 Å². The van der Waals surface area contributed by atoms with Gasteiger partial charge in [0.15, 0.2) is 11.3 Å². The molecule has 0 bridgehead atoms. The molecule has 292 valence electrons. The molecule has 2 aromatic heterocycles. The van der Waals surface area contributed by atoms with Crippen LogP contribution >= 0.6 is 0 Å². The SMILES string of the molecule is Nc1ncnc2c1c(-c1ccc(Oc3ccccc3)cc1)nn2C1CCN(C2CN(CC3(F)CN(c4ccc5c(c4)C(=O)N(C4CCC(=O)NC4=O)C5)C3)C2)CC1. The minimum Gasteiger partial charge on any atom is -0.457 e. The Morgan fingerprint density at radius 1 is 0.895 bits per heavy atom. The summed E-state index contributed by atoms with van der Waals surface area (Å²) in [5.41, 5.74) is 9.69. The van der Waals surface area contributed by atoms with Crippen LogP contribution in [0.3, 0.4) is 0 Å². The number of alkyl halides is 1. The van der Waals surface area contributed by atoms with Crippen molar-refractivity contribution in [1.82, 2.24) is 39.8 Å². The van der Waals surface area contributed by atoms with Crippen molar-refractivity contribution in [3.8, 4) is 22.8 Å². The molecule has 0 saturated carbocycles. The number of nitrogens with two attached hydrogens (primary N) is 1. The van der Waals surface area contributed by atoms with Gasteiger partial charge in [-0.2, -0.15) is 5.10 Å². The largest absolute Gasteiger partial charge is 0.457 e. The number of piperidine rings is 2. The van der Waals surface area contributed by atoms with Crippen LogP contribution in [0, 0.1) is 0 Å². The zero-order chi connectivity index (χ0) is 38.8. The maximum atomic E-state index is 16.0. The Morgan fingerprint density at radius 2 is 1.65 bits per heavy atom. The highest BCUT2D eigenvalue weighted by molar-refractivity contribution is 6.05. The first-order valence-electron chi connectivity index (χ1n) is 19.7. The molecule has 0 radical (unpaired) electrons. The van der Waals surface area contributed by atoms with E-state index in [1.54, 1.807) is 4.90 Å². The van der Waals surface area contributed by atoms with Gasteiger partial charge in [0.05, 0.1) is 24.5 Å². The second-order valence-corrected chi connectivity index (χ2v) is 16.1. The standard InChI is InChI=1S/C42H43FN10O4/c43-42(23-51(24-42)29-9-6-27-19-52(41(56)33(27)18-29)34-12-13-35(54)47-40(34)55)22-49-20-30(21-49)50-16-14-28(15-17-50)53-39-36(38(44)45-25-46-39)37(48-53)26-7-10-32(11-8-26)57-31-4-2-1-3-5-31/h1-11,18,25,28,30,34H,12-17,19-24H2,(H2,44,45,46)(H,47,54,55). The van der Waals surface area contributed by atoms with Crippen molar-refractivity contribution in [1.29, 1.82) is 0 Å². The van der Waals surface area contributed by atoms with Crippen LogP contribution in [0.2, 0.25) is 0 Å². The molecule has 57 heavy (non-hydrogen) atoms. The molecule has 3 aromatic carbocycles. The third-order valence-electron chi connectivity index (χ3n) is 12.3. The van der Waals surface area contributed by atoms with Crippen LogP contribution in [-0.4, -0.2) is 116 Å². The Labute approximate surface area is 328 Å². The maximum Gasteiger partial charge on any atom is 0.255 e. The van der Waals surface area contributed by atoms with Gasteiger partial charge in [-0.15, -0.1) is 0 Å². The molecule has 5 aromatic rings. The van der Waals surface area contributed by atoms with Crippen molar-refractivity contribution < 1.29 is 23.5 Å². The number of carbonyl (C=O) groups is 3. The van der Waals surface area contributed by atoms with Gasteiger partial charge in [0.25, 0.3) is 5.91 Å². The van der Waals surface area contributed by atoms with Crippen molar-refractivity contribution in [2.24, 2.45) is 0 Å². The first-order valence-corrected chi connectivity index (χ1v) is 19.7. The van der Waals surface area contributed by atoms with Gasteiger partial charge in [-0.05, 0) is 73.4 Å². The molecule has 7 heterocycles. The van der Waals surface area contributed by atoms with E-state index in [4.69, 9.17) is 15.6 Å². The lowest BCUT2D eigenvalue weighted by atomic mass is 9.91. The monoisotopic (exact) mass is 770 g/mol. The van der Waals surface area contributed by atoms with Gasteiger partial charge in [0.1, 0.15) is 35.4 Å². The minimum atomic E-state index is -1.32. The van der Waals surface area contributed by atoms with E-state index in [1.807, 2.05) is 82.4 Å². The van der Waals surface area contributed by atoms with E-state index >= 15 is 4.39 Å². The number of hydrogen-bond donors (Lipinski definition) is 2. The number of anilines is 2. The van der Waals surface area contributed by atoms with Crippen LogP contribution in [0.15, 0.2) is 79.1 Å². The summed E-state index contributed by atoms with van der Waals surface area (Å²) in [6.07, 6.45) is 3.86. The molecule has 14 nitrogen and oxygen atoms in total. The second kappa shape index (κ2) is 13.9. The Balaban J connectivity index is 0.723. The molecule has 15 heteroatoms. The highest BCUT2D eigenvalue weighted by Gasteiger charge is 2.48. The molecule has 0 aliphatic carbocycles. The van der Waals surface area contributed by atoms with Gasteiger partial charge in [-0.3, -0.25) is 29.5 Å². The number of likely N-dealkylation sites (tertiary alicyclic amines) is 2. The summed E-state index contributed by atoms with van der Waals surface area (Å²) in [5.74, 6) is 0.943. The third-order valence-corrected chi connectivity index (χ3v) is 12.3. The fourth-order valence-corrected chi connectivity index (χ4v) is 9.22. The molecule has 4 saturated heterocycles. The molecule has 5 aliphatic rings. The average Bonchev–Trinajstić information content (AvgIpc) is 3.74. The van der Waals surface area contributed by atoms with Gasteiger partial charge in [-0.1, -0.05) is 24.3 Å². The molecule has 4 fully saturated rings. The highest BCUT2D eigenvalue weighted by atomic mass is 19.1. The van der Waals surface area contributed by atoms with E-state index < -0.39 is 17.6 Å². The fraction of sp³-hybridized carbons (Fsp3) is 0.381. The molecule has 3 N–H and O–H groups in total. The van der Waals surface area contributed by atoms with Crippen LogP contribution in [-0.2, 0) is 16.1 Å². The van der Waals surface area contributed by atoms with Crippen LogP contribution in [0.5, 0.6) is 11.5 Å². The number of benzene rings is 3. The van der Waals surface area contributed by atoms with E-state index in [9.17, 15) is 14.4 Å². The van der Waals surface area contributed by atoms with E-state index in [0.29, 0.717) is 36.9 Å². The summed E-state index contributed by atoms with van der Waals surface area (Å²) in [6.45, 7) is 4.74. The number of nitrogens with zero attached hydrogens (tertiary/aromatic N) is 8. The molecular weight excluding hydrogens is 728 g/mol. The van der Waals surface area contributed by atoms with Gasteiger partial charge < -0.3 is 20.3 Å². The van der Waals surface area contributed by atoms with Crippen molar-refractivity contribution in [3.05, 3.63) is 90.3 Å². The Morgan fingerprint density at radius 3 is 2.40 bits per heavy atom. The topological polar surface area (TPSA) is 155 Å². The third kappa shape index (κ3) is 6.53. The van der Waals surface area contributed by atoms with Gasteiger partial charge in [-0.25, -0.2) is 19.0 Å². The number of rotatable bonds is 9. The summed E-state index contributed by atoms with van der Waals surface area (Å²) in [7, 11) is 0. The van der Waals surface area contributed by atoms with E-state index in [-0.39, 0.29) is 37.4 Å². The van der Waals surface area contributed by atoms with Gasteiger partial charge in [0.2, 0.25) is 11.8 Å². The van der Waals surface area contributed by atoms with Crippen molar-refractivity contribution in [2.45, 2.75) is 56.0 Å². The summed E-state index contributed by atoms with van der Waals surface area (Å²) < 4.78 is 24.0. The molecule has 1 atom stereocenters.